The van der Waals surface area contributed by atoms with Crippen LogP contribution in [0.15, 0.2) is 42.5 Å². The van der Waals surface area contributed by atoms with E-state index in [1.54, 1.807) is 24.3 Å². The molecule has 0 saturated heterocycles. The van der Waals surface area contributed by atoms with E-state index in [9.17, 15) is 13.6 Å². The quantitative estimate of drug-likeness (QED) is 0.834. The average Bonchev–Trinajstić information content (AvgIpc) is 2.44. The van der Waals surface area contributed by atoms with Crippen LogP contribution >= 0.6 is 0 Å². The molecule has 2 N–H and O–H groups in total. The summed E-state index contributed by atoms with van der Waals surface area (Å²) in [5.74, 6) is 2.92. The third kappa shape index (κ3) is 4.13. The van der Waals surface area contributed by atoms with Crippen LogP contribution in [-0.4, -0.2) is 17.6 Å². The SMILES string of the molecule is O=C(Nc1cccc(C#CCO)c1)c1cc(F)cc(F)c1. The largest absolute Gasteiger partial charge is 0.384 e. The van der Waals surface area contributed by atoms with Crippen LogP contribution in [0.1, 0.15) is 15.9 Å². The summed E-state index contributed by atoms with van der Waals surface area (Å²) in [5.41, 5.74) is 0.932. The predicted octanol–water partition coefficient (Wildman–Crippen LogP) is 2.56. The van der Waals surface area contributed by atoms with Crippen molar-refractivity contribution in [1.29, 1.82) is 0 Å². The van der Waals surface area contributed by atoms with Gasteiger partial charge in [-0.3, -0.25) is 4.79 Å². The van der Waals surface area contributed by atoms with Gasteiger partial charge < -0.3 is 10.4 Å². The second-order valence-corrected chi connectivity index (χ2v) is 4.15. The monoisotopic (exact) mass is 287 g/mol. The molecular weight excluding hydrogens is 276 g/mol. The van der Waals surface area contributed by atoms with E-state index in [0.29, 0.717) is 17.3 Å². The third-order valence-corrected chi connectivity index (χ3v) is 2.56. The van der Waals surface area contributed by atoms with Crippen LogP contribution in [0.5, 0.6) is 0 Å². The first-order valence-corrected chi connectivity index (χ1v) is 6.06. The molecule has 0 aliphatic heterocycles. The summed E-state index contributed by atoms with van der Waals surface area (Å²) >= 11 is 0. The maximum absolute atomic E-state index is 13.1. The number of aliphatic hydroxyl groups is 1. The van der Waals surface area contributed by atoms with Gasteiger partial charge in [0.1, 0.15) is 18.2 Å². The van der Waals surface area contributed by atoms with Gasteiger partial charge in [0.15, 0.2) is 0 Å². The van der Waals surface area contributed by atoms with Gasteiger partial charge in [-0.05, 0) is 30.3 Å². The number of carbonyl (C=O) groups excluding carboxylic acids is 1. The van der Waals surface area contributed by atoms with E-state index in [1.807, 2.05) is 0 Å². The average molecular weight is 287 g/mol. The Balaban J connectivity index is 2.19. The standard InChI is InChI=1S/C16H11F2NO2/c17-13-8-12(9-14(18)10-13)16(21)19-15-5-1-3-11(7-15)4-2-6-20/h1,3,5,7-10,20H,6H2,(H,19,21). The van der Waals surface area contributed by atoms with E-state index in [2.05, 4.69) is 17.2 Å². The molecule has 0 aliphatic carbocycles. The summed E-state index contributed by atoms with van der Waals surface area (Å²) in [5, 5.41) is 11.2. The number of carbonyl (C=O) groups is 1. The first-order valence-electron chi connectivity index (χ1n) is 6.06. The molecular formula is C16H11F2NO2. The fourth-order valence-corrected chi connectivity index (χ4v) is 1.70. The molecule has 3 nitrogen and oxygen atoms in total. The Labute approximate surface area is 120 Å². The van der Waals surface area contributed by atoms with Gasteiger partial charge in [0.25, 0.3) is 5.91 Å². The van der Waals surface area contributed by atoms with Gasteiger partial charge in [0.05, 0.1) is 0 Å². The Morgan fingerprint density at radius 3 is 2.52 bits per heavy atom. The van der Waals surface area contributed by atoms with Crippen molar-refractivity contribution in [1.82, 2.24) is 0 Å². The van der Waals surface area contributed by atoms with Crippen molar-refractivity contribution in [2.75, 3.05) is 11.9 Å². The normalized spacial score (nSPS) is 9.67. The maximum Gasteiger partial charge on any atom is 0.255 e. The lowest BCUT2D eigenvalue weighted by atomic mass is 10.1. The van der Waals surface area contributed by atoms with E-state index in [0.717, 1.165) is 12.1 Å². The maximum atomic E-state index is 13.1. The predicted molar refractivity (Wildman–Crippen MR) is 74.7 cm³/mol. The number of hydrogen-bond donors (Lipinski definition) is 2. The van der Waals surface area contributed by atoms with Crippen molar-refractivity contribution < 1.29 is 18.7 Å². The van der Waals surface area contributed by atoms with Gasteiger partial charge in [-0.15, -0.1) is 0 Å². The molecule has 2 aromatic carbocycles. The van der Waals surface area contributed by atoms with Crippen LogP contribution in [0.4, 0.5) is 14.5 Å². The number of nitrogens with one attached hydrogen (secondary N) is 1. The summed E-state index contributed by atoms with van der Waals surface area (Å²) in [6.45, 7) is -0.265. The lowest BCUT2D eigenvalue weighted by Crippen LogP contribution is -2.12. The molecule has 1 amide bonds. The number of aliphatic hydroxyl groups excluding tert-OH is 1. The van der Waals surface area contributed by atoms with Crippen LogP contribution < -0.4 is 5.32 Å². The zero-order chi connectivity index (χ0) is 15.2. The molecule has 0 atom stereocenters. The minimum absolute atomic E-state index is 0.112. The van der Waals surface area contributed by atoms with Gasteiger partial charge in [-0.2, -0.15) is 0 Å². The fraction of sp³-hybridized carbons (Fsp3) is 0.0625. The van der Waals surface area contributed by atoms with Crippen molar-refractivity contribution in [3.8, 4) is 11.8 Å². The van der Waals surface area contributed by atoms with Crippen LogP contribution in [0.3, 0.4) is 0 Å². The highest BCUT2D eigenvalue weighted by Gasteiger charge is 2.09. The summed E-state index contributed by atoms with van der Waals surface area (Å²) < 4.78 is 26.1. The fourth-order valence-electron chi connectivity index (χ4n) is 1.70. The molecule has 0 radical (unpaired) electrons. The zero-order valence-electron chi connectivity index (χ0n) is 10.9. The smallest absolute Gasteiger partial charge is 0.255 e. The summed E-state index contributed by atoms with van der Waals surface area (Å²) in [6.07, 6.45) is 0. The molecule has 0 fully saturated rings. The van der Waals surface area contributed by atoms with Gasteiger partial charge in [0.2, 0.25) is 0 Å². The highest BCUT2D eigenvalue weighted by Crippen LogP contribution is 2.13. The lowest BCUT2D eigenvalue weighted by Gasteiger charge is -2.06. The molecule has 0 spiro atoms. The van der Waals surface area contributed by atoms with Crippen molar-refractivity contribution in [2.24, 2.45) is 0 Å². The van der Waals surface area contributed by atoms with Gasteiger partial charge in [-0.25, -0.2) is 8.78 Å². The van der Waals surface area contributed by atoms with Crippen LogP contribution in [0, 0.1) is 23.5 Å². The zero-order valence-corrected chi connectivity index (χ0v) is 10.9. The molecule has 2 rings (SSSR count). The number of anilines is 1. The summed E-state index contributed by atoms with van der Waals surface area (Å²) in [6, 6.07) is 9.20. The molecule has 21 heavy (non-hydrogen) atoms. The topological polar surface area (TPSA) is 49.3 Å². The van der Waals surface area contributed by atoms with Crippen LogP contribution in [0.2, 0.25) is 0 Å². The first-order chi connectivity index (χ1) is 10.1. The number of halogens is 2. The minimum Gasteiger partial charge on any atom is -0.384 e. The molecule has 0 bridgehead atoms. The Morgan fingerprint density at radius 2 is 1.86 bits per heavy atom. The third-order valence-electron chi connectivity index (χ3n) is 2.56. The van der Waals surface area contributed by atoms with Crippen molar-refractivity contribution in [2.45, 2.75) is 0 Å². The van der Waals surface area contributed by atoms with Crippen molar-refractivity contribution in [3.63, 3.8) is 0 Å². The molecule has 2 aromatic rings. The molecule has 5 heteroatoms. The van der Waals surface area contributed by atoms with Gasteiger partial charge in [-0.1, -0.05) is 17.9 Å². The Bertz CT molecular complexity index is 712. The first kappa shape index (κ1) is 14.7. The van der Waals surface area contributed by atoms with Crippen molar-refractivity contribution in [3.05, 3.63) is 65.2 Å². The molecule has 0 saturated carbocycles. The van der Waals surface area contributed by atoms with E-state index >= 15 is 0 Å². The molecule has 106 valence electrons. The Hall–Kier alpha value is -2.71. The summed E-state index contributed by atoms with van der Waals surface area (Å²) in [7, 11) is 0. The molecule has 0 unspecified atom stereocenters. The number of rotatable bonds is 2. The van der Waals surface area contributed by atoms with E-state index in [4.69, 9.17) is 5.11 Å². The van der Waals surface area contributed by atoms with E-state index in [1.165, 1.54) is 0 Å². The van der Waals surface area contributed by atoms with Gasteiger partial charge >= 0.3 is 0 Å². The van der Waals surface area contributed by atoms with Crippen LogP contribution in [0.25, 0.3) is 0 Å². The molecule has 0 aromatic heterocycles. The molecule has 0 heterocycles. The molecule has 0 aliphatic rings. The lowest BCUT2D eigenvalue weighted by molar-refractivity contribution is 0.102. The second-order valence-electron chi connectivity index (χ2n) is 4.15. The van der Waals surface area contributed by atoms with Crippen molar-refractivity contribution >= 4 is 11.6 Å². The highest BCUT2D eigenvalue weighted by molar-refractivity contribution is 6.04. The number of amides is 1. The highest BCUT2D eigenvalue weighted by atomic mass is 19.1. The Kier molecular flexibility index (Phi) is 4.64. The van der Waals surface area contributed by atoms with Gasteiger partial charge in [0, 0.05) is 22.9 Å². The van der Waals surface area contributed by atoms with Crippen LogP contribution in [-0.2, 0) is 0 Å². The summed E-state index contributed by atoms with van der Waals surface area (Å²) in [4.78, 5) is 11.9. The Morgan fingerprint density at radius 1 is 1.14 bits per heavy atom. The number of hydrogen-bond acceptors (Lipinski definition) is 2. The minimum atomic E-state index is -0.817. The van der Waals surface area contributed by atoms with E-state index < -0.39 is 17.5 Å². The van der Waals surface area contributed by atoms with E-state index in [-0.39, 0.29) is 12.2 Å². The number of benzene rings is 2. The second kappa shape index (κ2) is 6.64.